The Morgan fingerprint density at radius 3 is 0.897 bits per heavy atom. The molecule has 0 saturated heterocycles. The minimum atomic E-state index is -0.772. The maximum absolute atomic E-state index is 12.9. The fourth-order valence-electron chi connectivity index (χ4n) is 8.67. The highest BCUT2D eigenvalue weighted by molar-refractivity contribution is 5.71. The van der Waals surface area contributed by atoms with Crippen molar-refractivity contribution in [3.8, 4) is 0 Å². The van der Waals surface area contributed by atoms with Gasteiger partial charge in [0.05, 0.1) is 0 Å². The van der Waals surface area contributed by atoms with Crippen LogP contribution < -0.4 is 0 Å². The van der Waals surface area contributed by atoms with Crippen LogP contribution in [0.15, 0.2) is 48.6 Å². The average molecular weight is 954 g/mol. The second kappa shape index (κ2) is 57.0. The molecule has 0 saturated carbocycles. The summed E-state index contributed by atoms with van der Waals surface area (Å²) in [6.07, 6.45) is 69.6. The van der Waals surface area contributed by atoms with Crippen molar-refractivity contribution >= 4 is 17.9 Å². The predicted octanol–water partition coefficient (Wildman–Crippen LogP) is 19.8. The molecular formula is C62H112O6. The number of rotatable bonds is 54. The third kappa shape index (κ3) is 54.3. The van der Waals surface area contributed by atoms with Gasteiger partial charge in [-0.15, -0.1) is 0 Å². The summed E-state index contributed by atoms with van der Waals surface area (Å²) < 4.78 is 16.9. The molecule has 0 amide bonds. The smallest absolute Gasteiger partial charge is 0.306 e. The van der Waals surface area contributed by atoms with Crippen LogP contribution in [0.1, 0.15) is 310 Å². The maximum atomic E-state index is 12.9. The Kier molecular flexibility index (Phi) is 54.8. The highest BCUT2D eigenvalue weighted by atomic mass is 16.6. The van der Waals surface area contributed by atoms with E-state index in [0.29, 0.717) is 19.3 Å². The SMILES string of the molecule is CC/C=C\C/C=C\C/C=C\C/C=C\CCCCCCCCCCC(=O)OCC(COC(=O)CCCCCCCCCCCCCC)OC(=O)CCCCCCCCCCCCCCCCCCC. The van der Waals surface area contributed by atoms with E-state index < -0.39 is 6.10 Å². The predicted molar refractivity (Wildman–Crippen MR) is 293 cm³/mol. The van der Waals surface area contributed by atoms with Gasteiger partial charge in [-0.1, -0.05) is 281 Å². The van der Waals surface area contributed by atoms with Gasteiger partial charge in [-0.3, -0.25) is 14.4 Å². The summed E-state index contributed by atoms with van der Waals surface area (Å²) in [5.41, 5.74) is 0. The first-order valence-corrected chi connectivity index (χ1v) is 29.6. The van der Waals surface area contributed by atoms with Crippen LogP contribution >= 0.6 is 0 Å². The number of ether oxygens (including phenoxy) is 3. The van der Waals surface area contributed by atoms with E-state index in [9.17, 15) is 14.4 Å². The van der Waals surface area contributed by atoms with Gasteiger partial charge in [-0.25, -0.2) is 0 Å². The van der Waals surface area contributed by atoms with Crippen LogP contribution in [0, 0.1) is 0 Å². The lowest BCUT2D eigenvalue weighted by Gasteiger charge is -2.18. The Morgan fingerprint density at radius 2 is 0.574 bits per heavy atom. The van der Waals surface area contributed by atoms with Crippen molar-refractivity contribution < 1.29 is 28.6 Å². The number of carbonyl (C=O) groups excluding carboxylic acids is 3. The average Bonchev–Trinajstić information content (AvgIpc) is 3.34. The van der Waals surface area contributed by atoms with Crippen LogP contribution in [0.3, 0.4) is 0 Å². The van der Waals surface area contributed by atoms with Gasteiger partial charge in [0, 0.05) is 19.3 Å². The number of esters is 3. The van der Waals surface area contributed by atoms with Gasteiger partial charge in [-0.05, 0) is 57.8 Å². The lowest BCUT2D eigenvalue weighted by atomic mass is 10.0. The lowest BCUT2D eigenvalue weighted by Crippen LogP contribution is -2.30. The molecule has 0 bridgehead atoms. The van der Waals surface area contributed by atoms with Crippen molar-refractivity contribution in [1.82, 2.24) is 0 Å². The molecule has 0 heterocycles. The Bertz CT molecular complexity index is 1190. The molecule has 6 heteroatoms. The number of carbonyl (C=O) groups is 3. The zero-order valence-corrected chi connectivity index (χ0v) is 45.4. The van der Waals surface area contributed by atoms with Gasteiger partial charge in [0.1, 0.15) is 13.2 Å². The van der Waals surface area contributed by atoms with E-state index in [0.717, 1.165) is 89.9 Å². The second-order valence-corrected chi connectivity index (χ2v) is 19.9. The summed E-state index contributed by atoms with van der Waals surface area (Å²) >= 11 is 0. The van der Waals surface area contributed by atoms with Gasteiger partial charge in [-0.2, -0.15) is 0 Å². The van der Waals surface area contributed by atoms with Crippen molar-refractivity contribution in [1.29, 1.82) is 0 Å². The minimum absolute atomic E-state index is 0.0708. The number of hydrogen-bond acceptors (Lipinski definition) is 6. The molecule has 0 aliphatic heterocycles. The molecule has 1 unspecified atom stereocenters. The fraction of sp³-hybridized carbons (Fsp3) is 0.823. The number of hydrogen-bond donors (Lipinski definition) is 0. The summed E-state index contributed by atoms with van der Waals surface area (Å²) in [5, 5.41) is 0. The Hall–Kier alpha value is -2.63. The fourth-order valence-corrected chi connectivity index (χ4v) is 8.67. The van der Waals surface area contributed by atoms with E-state index in [4.69, 9.17) is 14.2 Å². The van der Waals surface area contributed by atoms with E-state index in [-0.39, 0.29) is 31.1 Å². The molecule has 0 rings (SSSR count). The van der Waals surface area contributed by atoms with Crippen LogP contribution in [0.5, 0.6) is 0 Å². The molecular weight excluding hydrogens is 841 g/mol. The summed E-state index contributed by atoms with van der Waals surface area (Å²) in [7, 11) is 0. The van der Waals surface area contributed by atoms with E-state index in [1.165, 1.54) is 180 Å². The monoisotopic (exact) mass is 953 g/mol. The molecule has 0 radical (unpaired) electrons. The van der Waals surface area contributed by atoms with E-state index in [2.05, 4.69) is 69.4 Å². The van der Waals surface area contributed by atoms with Crippen LogP contribution in [0.4, 0.5) is 0 Å². The Morgan fingerprint density at radius 1 is 0.309 bits per heavy atom. The third-order valence-electron chi connectivity index (χ3n) is 13.1. The first-order chi connectivity index (χ1) is 33.5. The van der Waals surface area contributed by atoms with Gasteiger partial charge in [0.25, 0.3) is 0 Å². The largest absolute Gasteiger partial charge is 0.462 e. The quantitative estimate of drug-likeness (QED) is 0.0262. The standard InChI is InChI=1S/C62H112O6/c1-4-7-10-13-16-19-22-25-27-29-30-31-32-34-35-37-40-43-46-49-52-55-61(64)67-58-59(57-66-60(63)54-51-48-45-42-39-24-21-18-15-12-9-6-3)68-62(65)56-53-50-47-44-41-38-36-33-28-26-23-20-17-14-11-8-5-2/h7,10,16,19,25,27,30-31,59H,4-6,8-9,11-15,17-18,20-24,26,28-29,32-58H2,1-3H3/b10-7-,19-16-,27-25-,31-30-. The summed E-state index contributed by atoms with van der Waals surface area (Å²) in [5.74, 6) is -0.861. The van der Waals surface area contributed by atoms with Crippen molar-refractivity contribution in [2.75, 3.05) is 13.2 Å². The number of allylic oxidation sites excluding steroid dienone is 8. The van der Waals surface area contributed by atoms with Crippen molar-refractivity contribution in [3.63, 3.8) is 0 Å². The van der Waals surface area contributed by atoms with E-state index in [1.807, 2.05) is 0 Å². The highest BCUT2D eigenvalue weighted by Crippen LogP contribution is 2.17. The Balaban J connectivity index is 4.31. The van der Waals surface area contributed by atoms with Crippen molar-refractivity contribution in [2.45, 2.75) is 316 Å². The van der Waals surface area contributed by atoms with Gasteiger partial charge in [0.15, 0.2) is 6.10 Å². The van der Waals surface area contributed by atoms with Crippen molar-refractivity contribution in [3.05, 3.63) is 48.6 Å². The molecule has 0 aromatic heterocycles. The molecule has 0 spiro atoms. The summed E-state index contributed by atoms with van der Waals surface area (Å²) in [6.45, 7) is 6.56. The second-order valence-electron chi connectivity index (χ2n) is 19.9. The molecule has 0 aliphatic carbocycles. The molecule has 0 aromatic carbocycles. The summed E-state index contributed by atoms with van der Waals surface area (Å²) in [4.78, 5) is 38.2. The molecule has 396 valence electrons. The molecule has 6 nitrogen and oxygen atoms in total. The topological polar surface area (TPSA) is 78.9 Å². The normalized spacial score (nSPS) is 12.3. The van der Waals surface area contributed by atoms with Gasteiger partial charge < -0.3 is 14.2 Å². The molecule has 0 aliphatic rings. The molecule has 1 atom stereocenters. The Labute approximate surface area is 422 Å². The zero-order chi connectivity index (χ0) is 49.3. The first kappa shape index (κ1) is 65.4. The minimum Gasteiger partial charge on any atom is -0.462 e. The van der Waals surface area contributed by atoms with Crippen LogP contribution in [0.25, 0.3) is 0 Å². The van der Waals surface area contributed by atoms with Gasteiger partial charge >= 0.3 is 17.9 Å². The van der Waals surface area contributed by atoms with Crippen LogP contribution in [0.2, 0.25) is 0 Å². The van der Waals surface area contributed by atoms with Crippen LogP contribution in [-0.2, 0) is 28.6 Å². The molecule has 0 aromatic rings. The van der Waals surface area contributed by atoms with E-state index >= 15 is 0 Å². The summed E-state index contributed by atoms with van der Waals surface area (Å²) in [6, 6.07) is 0. The number of unbranched alkanes of at least 4 members (excludes halogenated alkanes) is 35. The molecule has 0 N–H and O–H groups in total. The lowest BCUT2D eigenvalue weighted by molar-refractivity contribution is -0.167. The highest BCUT2D eigenvalue weighted by Gasteiger charge is 2.19. The van der Waals surface area contributed by atoms with Gasteiger partial charge in [0.2, 0.25) is 0 Å². The molecule has 0 fully saturated rings. The zero-order valence-electron chi connectivity index (χ0n) is 45.4. The van der Waals surface area contributed by atoms with Crippen molar-refractivity contribution in [2.24, 2.45) is 0 Å². The third-order valence-corrected chi connectivity index (χ3v) is 13.1. The van der Waals surface area contributed by atoms with Crippen LogP contribution in [-0.4, -0.2) is 37.2 Å². The first-order valence-electron chi connectivity index (χ1n) is 29.6. The maximum Gasteiger partial charge on any atom is 0.306 e. The van der Waals surface area contributed by atoms with E-state index in [1.54, 1.807) is 0 Å². The molecule has 68 heavy (non-hydrogen) atoms.